The van der Waals surface area contributed by atoms with E-state index in [1.165, 1.54) is 0 Å². The molecule has 0 unspecified atom stereocenters. The van der Waals surface area contributed by atoms with Gasteiger partial charge in [0.05, 0.1) is 0 Å². The van der Waals surface area contributed by atoms with Crippen LogP contribution < -0.4 is 5.73 Å². The van der Waals surface area contributed by atoms with Crippen molar-refractivity contribution in [2.75, 3.05) is 0 Å². The van der Waals surface area contributed by atoms with E-state index in [-0.39, 0.29) is 0 Å². The van der Waals surface area contributed by atoms with Crippen LogP contribution in [0.3, 0.4) is 0 Å². The van der Waals surface area contributed by atoms with E-state index in [2.05, 4.69) is 0 Å². The molecule has 0 fully saturated rings. The Balaban J connectivity index is 4.84. The highest BCUT2D eigenvalue weighted by molar-refractivity contribution is 5.72. The molecule has 0 aromatic carbocycles. The molecule has 3 nitrogen and oxygen atoms in total. The summed E-state index contributed by atoms with van der Waals surface area (Å²) in [4.78, 5) is 10.4. The van der Waals surface area contributed by atoms with Crippen molar-refractivity contribution in [3.8, 4) is 0 Å². The van der Waals surface area contributed by atoms with Crippen LogP contribution in [0.5, 0.6) is 0 Å². The predicted octanol–water partition coefficient (Wildman–Crippen LogP) is 0.444. The molecule has 0 spiro atoms. The number of carboxylic acids is 1. The molecule has 0 aliphatic rings. The van der Waals surface area contributed by atoms with Gasteiger partial charge in [0.25, 0.3) is 0 Å². The smallest absolute Gasteiger partial charge is 0.320 e. The fourth-order valence-corrected chi connectivity index (χ4v) is 0.341. The van der Waals surface area contributed by atoms with Crippen LogP contribution in [0.2, 0.25) is 0 Å². The average Bonchev–Trinajstić information content (AvgIpc) is 1.99. The lowest BCUT2D eigenvalue weighted by atomic mass is 10.3. The van der Waals surface area contributed by atoms with Crippen LogP contribution in [-0.2, 0) is 4.79 Å². The highest BCUT2D eigenvalue weighted by atomic mass is 16.5. The number of nitrogens with two attached hydrogens (primary N) is 1. The van der Waals surface area contributed by atoms with Gasteiger partial charge >= 0.3 is 5.97 Å². The molecule has 0 amide bonds. The first-order chi connectivity index (χ1) is 6.01. The third-order valence-corrected chi connectivity index (χ3v) is 0.715. The molecule has 0 radical (unpaired) electrons. The molecule has 9 heavy (non-hydrogen) atoms. The molecule has 54 valence electrons. The molecule has 0 saturated heterocycles. The average molecular weight is 140 g/mol. The maximum Gasteiger partial charge on any atom is 0.320 e. The van der Waals surface area contributed by atoms with Crippen LogP contribution in [0.1, 0.15) is 27.0 Å². The van der Waals surface area contributed by atoms with Crippen LogP contribution in [0.25, 0.3) is 0 Å². The van der Waals surface area contributed by atoms with Gasteiger partial charge in [0.1, 0.15) is 6.04 Å². The number of hydrogen-bond acceptors (Lipinski definition) is 2. The molecule has 0 aliphatic heterocycles. The van der Waals surface area contributed by atoms with Gasteiger partial charge in [-0.15, -0.1) is 0 Å². The van der Waals surface area contributed by atoms with Gasteiger partial charge in [-0.25, -0.2) is 0 Å². The Morgan fingerprint density at radius 3 is 3.11 bits per heavy atom. The Hall–Kier alpha value is -0.570. The molecule has 0 bridgehead atoms. The number of carboxylic acid groups (broad SMARTS) is 1. The van der Waals surface area contributed by atoms with E-state index in [1.54, 1.807) is 0 Å². The molecule has 3 N–H and O–H groups in total. The first kappa shape index (κ1) is 3.01. The van der Waals surface area contributed by atoms with E-state index < -0.39 is 31.2 Å². The topological polar surface area (TPSA) is 63.3 Å². The first-order valence-corrected chi connectivity index (χ1v) is 2.42. The molecular formula is C6H13NO2. The van der Waals surface area contributed by atoms with E-state index in [4.69, 9.17) is 17.7 Å². The summed E-state index contributed by atoms with van der Waals surface area (Å²) in [6.07, 6.45) is -1.70. The number of rotatable bonds is 3. The Kier molecular flexibility index (Phi) is 1.16. The number of carbonyl (C=O) groups is 1. The summed E-state index contributed by atoms with van der Waals surface area (Å²) < 4.78 is 35.7. The monoisotopic (exact) mass is 140 g/mol. The molecule has 0 aromatic heterocycles. The van der Waals surface area contributed by atoms with E-state index in [1.807, 2.05) is 0 Å². The van der Waals surface area contributed by atoms with Gasteiger partial charge in [-0.1, -0.05) is 13.8 Å². The largest absolute Gasteiger partial charge is 0.480 e. The molecular weight excluding hydrogens is 122 g/mol. The maximum absolute atomic E-state index is 10.4. The van der Waals surface area contributed by atoms with Crippen molar-refractivity contribution < 1.29 is 16.8 Å². The zero-order chi connectivity index (χ0) is 11.7. The van der Waals surface area contributed by atoms with E-state index in [0.29, 0.717) is 0 Å². The molecule has 3 heteroatoms. The molecule has 0 rings (SSSR count). The van der Waals surface area contributed by atoms with Crippen molar-refractivity contribution in [3.63, 3.8) is 0 Å². The third-order valence-electron chi connectivity index (χ3n) is 0.715. The van der Waals surface area contributed by atoms with Crippen LogP contribution in [-0.4, -0.2) is 17.1 Å². The lowest BCUT2D eigenvalue weighted by molar-refractivity contribution is -0.138. The minimum Gasteiger partial charge on any atom is -0.480 e. The molecule has 0 aromatic rings. The van der Waals surface area contributed by atoms with Crippen molar-refractivity contribution >= 4 is 5.97 Å². The number of hydrogen-bond donors (Lipinski definition) is 2. The van der Waals surface area contributed by atoms with Gasteiger partial charge in [-0.3, -0.25) is 4.79 Å². The van der Waals surface area contributed by atoms with E-state index in [9.17, 15) is 4.79 Å². The molecule has 0 aliphatic carbocycles. The molecule has 0 heterocycles. The maximum atomic E-state index is 10.4. The van der Waals surface area contributed by atoms with E-state index in [0.717, 1.165) is 6.92 Å². The SMILES string of the molecule is [2H][13C@H]([13C@H]([15NH2])[13C](=O)O)[12C@@]([2H])(C)[12C]([2H])([2H])[2H]. The summed E-state index contributed by atoms with van der Waals surface area (Å²) in [7, 11) is 0. The van der Waals surface area contributed by atoms with Crippen LogP contribution in [0.15, 0.2) is 0 Å². The minimum absolute atomic E-state index is 0.987. The second kappa shape index (κ2) is 3.45. The van der Waals surface area contributed by atoms with E-state index >= 15 is 0 Å². The summed E-state index contributed by atoms with van der Waals surface area (Å²) >= 11 is 0. The summed E-state index contributed by atoms with van der Waals surface area (Å²) in [5.74, 6) is -3.67. The minimum atomic E-state index is -2.73. The third kappa shape index (κ3) is 3.97. The van der Waals surface area contributed by atoms with Gasteiger partial charge < -0.3 is 10.8 Å². The quantitative estimate of drug-likeness (QED) is 0.441. The fourth-order valence-electron chi connectivity index (χ4n) is 0.341. The van der Waals surface area contributed by atoms with Crippen molar-refractivity contribution in [2.24, 2.45) is 11.6 Å². The van der Waals surface area contributed by atoms with Gasteiger partial charge in [0.2, 0.25) is 0 Å². The lowest BCUT2D eigenvalue weighted by Gasteiger charge is -2.07. The van der Waals surface area contributed by atoms with Crippen LogP contribution in [0.4, 0.5) is 0 Å². The molecule has 3 atom stereocenters. The lowest BCUT2D eigenvalue weighted by Crippen LogP contribution is -2.31. The summed E-state index contributed by atoms with van der Waals surface area (Å²) in [5.41, 5.74) is 5.09. The van der Waals surface area contributed by atoms with Crippen molar-refractivity contribution in [3.05, 3.63) is 0 Å². The zero-order valence-corrected chi connectivity index (χ0v) is 5.09. The molecule has 0 saturated carbocycles. The van der Waals surface area contributed by atoms with Gasteiger partial charge in [-0.2, -0.15) is 0 Å². The second-order valence-corrected chi connectivity index (χ2v) is 1.71. The van der Waals surface area contributed by atoms with Crippen molar-refractivity contribution in [1.82, 2.24) is 0 Å². The Bertz CT molecular complexity index is 227. The summed E-state index contributed by atoms with van der Waals surface area (Å²) in [5, 5.41) is 8.47. The highest BCUT2D eigenvalue weighted by Crippen LogP contribution is 2.01. The zero-order valence-electron chi connectivity index (χ0n) is 10.1. The summed E-state index contributed by atoms with van der Waals surface area (Å²) in [6, 6.07) is -1.67. The van der Waals surface area contributed by atoms with Crippen LogP contribution >= 0.6 is 0 Å². The Labute approximate surface area is 61.9 Å². The number of aliphatic carboxylic acids is 1. The van der Waals surface area contributed by atoms with Gasteiger partial charge in [-0.05, 0) is 12.3 Å². The fraction of sp³-hybridized carbons (Fsp3) is 0.833. The normalized spacial score (nSPS) is 33.3. The first-order valence-electron chi connectivity index (χ1n) is 5.00. The standard InChI is InChI=1S/C6H13NO2/c1-4(2)3-5(7)6(8)9/h4-5H,3,7H2,1-2H3,(H,8,9)/t5-/m0/s1/i1+0D3,3+1D,4+0D,5+1,6+1,7+1/t3-,4+,5-. The summed E-state index contributed by atoms with van der Waals surface area (Å²) in [6.45, 7) is -1.74. The van der Waals surface area contributed by atoms with Crippen molar-refractivity contribution in [1.29, 1.82) is 0 Å². The van der Waals surface area contributed by atoms with Crippen LogP contribution in [0, 0.1) is 5.89 Å². The highest BCUT2D eigenvalue weighted by Gasteiger charge is 2.11. The predicted molar refractivity (Wildman–Crippen MR) is 35.1 cm³/mol. The van der Waals surface area contributed by atoms with Gasteiger partial charge in [0, 0.05) is 6.85 Å². The second-order valence-electron chi connectivity index (χ2n) is 1.71. The Morgan fingerprint density at radius 2 is 2.78 bits per heavy atom. The van der Waals surface area contributed by atoms with Crippen molar-refractivity contribution in [2.45, 2.75) is 26.2 Å². The Morgan fingerprint density at radius 1 is 2.22 bits per heavy atom. The van der Waals surface area contributed by atoms with Gasteiger partial charge in [0.15, 0.2) is 0 Å².